The van der Waals surface area contributed by atoms with Crippen LogP contribution in [0.3, 0.4) is 0 Å². The lowest BCUT2D eigenvalue weighted by atomic mass is 10.1. The minimum Gasteiger partial charge on any atom is -0.493 e. The van der Waals surface area contributed by atoms with Gasteiger partial charge in [-0.1, -0.05) is 18.3 Å². The molecule has 3 nitrogen and oxygen atoms in total. The van der Waals surface area contributed by atoms with Gasteiger partial charge in [0.2, 0.25) is 0 Å². The molecule has 0 radical (unpaired) electrons. The Labute approximate surface area is 114 Å². The van der Waals surface area contributed by atoms with Crippen LogP contribution >= 0.6 is 28.1 Å². The summed E-state index contributed by atoms with van der Waals surface area (Å²) in [5.74, 6) is 0.762. The van der Waals surface area contributed by atoms with E-state index in [4.69, 9.17) is 28.0 Å². The quantitative estimate of drug-likeness (QED) is 0.527. The Bertz CT molecular complexity index is 506. The number of nitriles is 1. The highest BCUT2D eigenvalue weighted by Gasteiger charge is 2.03. The van der Waals surface area contributed by atoms with Gasteiger partial charge in [-0.05, 0) is 46.6 Å². The van der Waals surface area contributed by atoms with Crippen LogP contribution in [0.5, 0.6) is 5.75 Å². The zero-order valence-corrected chi connectivity index (χ0v) is 11.6. The Kier molecular flexibility index (Phi) is 5.13. The molecule has 0 atom stereocenters. The molecule has 1 rings (SSSR count). The van der Waals surface area contributed by atoms with Crippen LogP contribution in [0.4, 0.5) is 0 Å². The van der Waals surface area contributed by atoms with E-state index in [0.717, 1.165) is 15.8 Å². The van der Waals surface area contributed by atoms with Crippen molar-refractivity contribution in [3.63, 3.8) is 0 Å². The largest absolute Gasteiger partial charge is 0.493 e. The molecular formula is C12H11BrN2OS. The fourth-order valence-corrected chi connectivity index (χ4v) is 1.82. The molecule has 0 heterocycles. The number of nitrogens with two attached hydrogens (primary N) is 1. The van der Waals surface area contributed by atoms with E-state index >= 15 is 0 Å². The van der Waals surface area contributed by atoms with Crippen LogP contribution in [0.25, 0.3) is 6.08 Å². The Morgan fingerprint density at radius 1 is 1.65 bits per heavy atom. The van der Waals surface area contributed by atoms with Crippen molar-refractivity contribution in [1.29, 1.82) is 5.26 Å². The highest BCUT2D eigenvalue weighted by molar-refractivity contribution is 9.10. The van der Waals surface area contributed by atoms with Crippen LogP contribution in [0.1, 0.15) is 12.5 Å². The molecule has 0 spiro atoms. The molecule has 0 bridgehead atoms. The van der Waals surface area contributed by atoms with Gasteiger partial charge in [0.15, 0.2) is 0 Å². The fraction of sp³-hybridized carbons (Fsp3) is 0.167. The highest BCUT2D eigenvalue weighted by Crippen LogP contribution is 2.26. The van der Waals surface area contributed by atoms with Gasteiger partial charge >= 0.3 is 0 Å². The summed E-state index contributed by atoms with van der Waals surface area (Å²) in [6.45, 7) is 2.52. The predicted molar refractivity (Wildman–Crippen MR) is 75.7 cm³/mol. The number of thiocarbonyl (C=S) groups is 1. The first-order valence-corrected chi connectivity index (χ1v) is 6.12. The Hall–Kier alpha value is -1.38. The number of halogens is 1. The van der Waals surface area contributed by atoms with Crippen LogP contribution in [0.2, 0.25) is 0 Å². The van der Waals surface area contributed by atoms with Gasteiger partial charge < -0.3 is 10.5 Å². The van der Waals surface area contributed by atoms with Crippen molar-refractivity contribution in [3.05, 3.63) is 33.8 Å². The molecule has 0 aromatic heterocycles. The van der Waals surface area contributed by atoms with Crippen molar-refractivity contribution in [3.8, 4) is 11.8 Å². The number of benzene rings is 1. The van der Waals surface area contributed by atoms with Crippen LogP contribution in [-0.2, 0) is 0 Å². The SMILES string of the molecule is CCOc1ccc(/C=C(/C#N)C(N)=S)cc1Br. The smallest absolute Gasteiger partial charge is 0.133 e. The number of hydrogen-bond acceptors (Lipinski definition) is 3. The van der Waals surface area contributed by atoms with Crippen LogP contribution in [0.15, 0.2) is 28.2 Å². The summed E-state index contributed by atoms with van der Waals surface area (Å²) in [5, 5.41) is 8.84. The van der Waals surface area contributed by atoms with E-state index in [1.165, 1.54) is 0 Å². The van der Waals surface area contributed by atoms with Crippen molar-refractivity contribution in [1.82, 2.24) is 0 Å². The van der Waals surface area contributed by atoms with Crippen molar-refractivity contribution < 1.29 is 4.74 Å². The second kappa shape index (κ2) is 6.38. The summed E-state index contributed by atoms with van der Waals surface area (Å²) >= 11 is 8.16. The van der Waals surface area contributed by atoms with Crippen LogP contribution in [0, 0.1) is 11.3 Å². The zero-order valence-electron chi connectivity index (χ0n) is 9.24. The minimum atomic E-state index is 0.0949. The molecule has 0 aliphatic carbocycles. The molecule has 0 unspecified atom stereocenters. The molecule has 5 heteroatoms. The van der Waals surface area contributed by atoms with Gasteiger partial charge in [0.05, 0.1) is 16.7 Å². The zero-order chi connectivity index (χ0) is 12.8. The van der Waals surface area contributed by atoms with Crippen molar-refractivity contribution in [2.75, 3.05) is 6.61 Å². The molecule has 17 heavy (non-hydrogen) atoms. The second-order valence-electron chi connectivity index (χ2n) is 3.16. The summed E-state index contributed by atoms with van der Waals surface area (Å²) in [6, 6.07) is 7.47. The fourth-order valence-electron chi connectivity index (χ4n) is 1.20. The monoisotopic (exact) mass is 310 g/mol. The number of nitrogens with zero attached hydrogens (tertiary/aromatic N) is 1. The number of hydrogen-bond donors (Lipinski definition) is 1. The van der Waals surface area contributed by atoms with Crippen LogP contribution < -0.4 is 10.5 Å². The maximum Gasteiger partial charge on any atom is 0.133 e. The summed E-state index contributed by atoms with van der Waals surface area (Å²) < 4.78 is 6.21. The first-order valence-electron chi connectivity index (χ1n) is 4.92. The Balaban J connectivity index is 3.06. The predicted octanol–water partition coefficient (Wildman–Crippen LogP) is 3.04. The summed E-state index contributed by atoms with van der Waals surface area (Å²) in [7, 11) is 0. The van der Waals surface area contributed by atoms with Crippen molar-refractivity contribution >= 4 is 39.2 Å². The van der Waals surface area contributed by atoms with E-state index in [0.29, 0.717) is 6.61 Å². The van der Waals surface area contributed by atoms with Gasteiger partial charge in [0.1, 0.15) is 16.8 Å². The first-order chi connectivity index (χ1) is 8.08. The molecule has 1 aromatic carbocycles. The molecule has 1 aromatic rings. The average Bonchev–Trinajstić information content (AvgIpc) is 2.29. The van der Waals surface area contributed by atoms with E-state index < -0.39 is 0 Å². The van der Waals surface area contributed by atoms with E-state index in [9.17, 15) is 0 Å². The molecule has 0 amide bonds. The Morgan fingerprint density at radius 3 is 2.82 bits per heavy atom. The maximum absolute atomic E-state index is 8.84. The topological polar surface area (TPSA) is 59.0 Å². The van der Waals surface area contributed by atoms with E-state index in [1.54, 1.807) is 6.08 Å². The van der Waals surface area contributed by atoms with Crippen LogP contribution in [-0.4, -0.2) is 11.6 Å². The first kappa shape index (κ1) is 13.7. The molecule has 0 saturated carbocycles. The molecule has 0 aliphatic rings. The van der Waals surface area contributed by atoms with Crippen molar-refractivity contribution in [2.45, 2.75) is 6.92 Å². The lowest BCUT2D eigenvalue weighted by molar-refractivity contribution is 0.338. The third-order valence-electron chi connectivity index (χ3n) is 1.95. The lowest BCUT2D eigenvalue weighted by Crippen LogP contribution is -2.09. The maximum atomic E-state index is 8.84. The van der Waals surface area contributed by atoms with Gasteiger partial charge in [-0.15, -0.1) is 0 Å². The summed E-state index contributed by atoms with van der Waals surface area (Å²) in [4.78, 5) is 0.0949. The standard InChI is InChI=1S/C12H11BrN2OS/c1-2-16-11-4-3-8(6-10(11)13)5-9(7-14)12(15)17/h3-6H,2H2,1H3,(H2,15,17)/b9-5-. The normalized spacial score (nSPS) is 10.8. The third kappa shape index (κ3) is 3.84. The van der Waals surface area contributed by atoms with Gasteiger partial charge in [0, 0.05) is 0 Å². The summed E-state index contributed by atoms with van der Waals surface area (Å²) in [5.41, 5.74) is 6.54. The molecule has 0 fully saturated rings. The molecule has 88 valence electrons. The van der Waals surface area contributed by atoms with Gasteiger partial charge in [-0.3, -0.25) is 0 Å². The Morgan fingerprint density at radius 2 is 2.35 bits per heavy atom. The van der Waals surface area contributed by atoms with E-state index in [2.05, 4.69) is 15.9 Å². The molecule has 0 aliphatic heterocycles. The lowest BCUT2D eigenvalue weighted by Gasteiger charge is -2.06. The van der Waals surface area contributed by atoms with E-state index in [1.807, 2.05) is 31.2 Å². The minimum absolute atomic E-state index is 0.0949. The van der Waals surface area contributed by atoms with Gasteiger partial charge in [0.25, 0.3) is 0 Å². The number of rotatable bonds is 4. The van der Waals surface area contributed by atoms with Crippen molar-refractivity contribution in [2.24, 2.45) is 5.73 Å². The average molecular weight is 311 g/mol. The number of ether oxygens (including phenoxy) is 1. The van der Waals surface area contributed by atoms with Gasteiger partial charge in [-0.25, -0.2) is 0 Å². The third-order valence-corrected chi connectivity index (χ3v) is 2.79. The second-order valence-corrected chi connectivity index (χ2v) is 4.45. The highest BCUT2D eigenvalue weighted by atomic mass is 79.9. The van der Waals surface area contributed by atoms with Gasteiger partial charge in [-0.2, -0.15) is 5.26 Å². The molecular weight excluding hydrogens is 300 g/mol. The summed E-state index contributed by atoms with van der Waals surface area (Å²) in [6.07, 6.45) is 1.64. The molecule has 0 saturated heterocycles. The molecule has 2 N–H and O–H groups in total. The van der Waals surface area contributed by atoms with E-state index in [-0.39, 0.29) is 10.6 Å².